The SMILES string of the molecule is C=C1NC(=S)NC(c2cccs2)C1C(=O)OCC. The molecule has 0 spiro atoms. The number of thiophene rings is 1. The van der Waals surface area contributed by atoms with Gasteiger partial charge in [0.05, 0.1) is 12.6 Å². The fraction of sp³-hybridized carbons (Fsp3) is 0.333. The topological polar surface area (TPSA) is 50.4 Å². The van der Waals surface area contributed by atoms with Crippen molar-refractivity contribution in [2.75, 3.05) is 6.61 Å². The second kappa shape index (κ2) is 5.49. The molecule has 0 bridgehead atoms. The second-order valence-electron chi connectivity index (χ2n) is 3.85. The Morgan fingerprint density at radius 2 is 2.44 bits per heavy atom. The fourth-order valence-electron chi connectivity index (χ4n) is 1.90. The van der Waals surface area contributed by atoms with Crippen molar-refractivity contribution >= 4 is 34.6 Å². The summed E-state index contributed by atoms with van der Waals surface area (Å²) in [6, 6.07) is 3.71. The van der Waals surface area contributed by atoms with E-state index in [4.69, 9.17) is 17.0 Å². The molecule has 0 amide bonds. The van der Waals surface area contributed by atoms with Crippen molar-refractivity contribution < 1.29 is 9.53 Å². The van der Waals surface area contributed by atoms with Crippen LogP contribution in [0.25, 0.3) is 0 Å². The first kappa shape index (κ1) is 13.0. The van der Waals surface area contributed by atoms with Gasteiger partial charge in [0, 0.05) is 10.6 Å². The number of hydrogen-bond acceptors (Lipinski definition) is 4. The number of rotatable bonds is 3. The van der Waals surface area contributed by atoms with E-state index < -0.39 is 5.92 Å². The Balaban J connectivity index is 2.29. The highest BCUT2D eigenvalue weighted by Gasteiger charge is 2.38. The molecule has 1 aromatic rings. The van der Waals surface area contributed by atoms with Crippen LogP contribution in [0.3, 0.4) is 0 Å². The highest BCUT2D eigenvalue weighted by Crippen LogP contribution is 2.32. The predicted molar refractivity (Wildman–Crippen MR) is 75.2 cm³/mol. The lowest BCUT2D eigenvalue weighted by Gasteiger charge is -2.33. The zero-order chi connectivity index (χ0) is 13.1. The Morgan fingerprint density at radius 1 is 1.67 bits per heavy atom. The van der Waals surface area contributed by atoms with E-state index in [-0.39, 0.29) is 12.0 Å². The molecule has 2 atom stereocenters. The molecule has 1 saturated heterocycles. The van der Waals surface area contributed by atoms with E-state index in [9.17, 15) is 4.79 Å². The third-order valence-corrected chi connectivity index (χ3v) is 3.83. The summed E-state index contributed by atoms with van der Waals surface area (Å²) in [5.41, 5.74) is 0.579. The number of thiocarbonyl (C=S) groups is 1. The van der Waals surface area contributed by atoms with Gasteiger partial charge in [-0.2, -0.15) is 0 Å². The van der Waals surface area contributed by atoms with Gasteiger partial charge in [-0.25, -0.2) is 0 Å². The summed E-state index contributed by atoms with van der Waals surface area (Å²) in [7, 11) is 0. The Morgan fingerprint density at radius 3 is 3.06 bits per heavy atom. The quantitative estimate of drug-likeness (QED) is 0.655. The van der Waals surface area contributed by atoms with E-state index in [2.05, 4.69) is 17.2 Å². The maximum Gasteiger partial charge on any atom is 0.317 e. The van der Waals surface area contributed by atoms with Crippen LogP contribution in [0.5, 0.6) is 0 Å². The summed E-state index contributed by atoms with van der Waals surface area (Å²) < 4.78 is 5.10. The standard InChI is InChI=1S/C12H14N2O2S2/c1-3-16-11(15)9-7(2)13-12(17)14-10(9)8-5-4-6-18-8/h4-6,9-10H,2-3H2,1H3,(H2,13,14,17). The summed E-state index contributed by atoms with van der Waals surface area (Å²) in [5.74, 6) is -0.751. The van der Waals surface area contributed by atoms with E-state index in [1.807, 2.05) is 17.5 Å². The highest BCUT2D eigenvalue weighted by molar-refractivity contribution is 7.80. The molecular weight excluding hydrogens is 268 g/mol. The Hall–Kier alpha value is -1.40. The smallest absolute Gasteiger partial charge is 0.317 e. The molecule has 2 unspecified atom stereocenters. The lowest BCUT2D eigenvalue weighted by Crippen LogP contribution is -2.50. The van der Waals surface area contributed by atoms with Crippen LogP contribution in [0.4, 0.5) is 0 Å². The van der Waals surface area contributed by atoms with Crippen molar-refractivity contribution in [1.29, 1.82) is 0 Å². The molecule has 1 fully saturated rings. The first-order valence-corrected chi connectivity index (χ1v) is 6.88. The molecule has 2 N–H and O–H groups in total. The van der Waals surface area contributed by atoms with Gasteiger partial charge in [-0.1, -0.05) is 12.6 Å². The van der Waals surface area contributed by atoms with Crippen LogP contribution < -0.4 is 10.6 Å². The number of carbonyl (C=O) groups is 1. The maximum absolute atomic E-state index is 12.0. The van der Waals surface area contributed by atoms with E-state index >= 15 is 0 Å². The molecule has 6 heteroatoms. The fourth-order valence-corrected chi connectivity index (χ4v) is 2.97. The number of carbonyl (C=O) groups excluding carboxylic acids is 1. The van der Waals surface area contributed by atoms with Crippen molar-refractivity contribution in [3.05, 3.63) is 34.7 Å². The molecule has 2 rings (SSSR count). The summed E-state index contributed by atoms with van der Waals surface area (Å²) in [6.07, 6.45) is 0. The van der Waals surface area contributed by atoms with Gasteiger partial charge in [0.1, 0.15) is 5.92 Å². The van der Waals surface area contributed by atoms with Crippen LogP contribution >= 0.6 is 23.6 Å². The van der Waals surface area contributed by atoms with Crippen LogP contribution in [-0.4, -0.2) is 17.7 Å². The van der Waals surface area contributed by atoms with Crippen molar-refractivity contribution in [3.8, 4) is 0 Å². The summed E-state index contributed by atoms with van der Waals surface area (Å²) >= 11 is 6.68. The number of nitrogens with one attached hydrogen (secondary N) is 2. The van der Waals surface area contributed by atoms with Gasteiger partial charge in [-0.3, -0.25) is 4.79 Å². The minimum absolute atomic E-state index is 0.203. The molecule has 4 nitrogen and oxygen atoms in total. The average Bonchev–Trinajstić information content (AvgIpc) is 2.81. The maximum atomic E-state index is 12.0. The first-order valence-electron chi connectivity index (χ1n) is 5.59. The van der Waals surface area contributed by atoms with E-state index in [1.165, 1.54) is 0 Å². The Kier molecular flexibility index (Phi) is 3.98. The number of esters is 1. The highest BCUT2D eigenvalue weighted by atomic mass is 32.1. The second-order valence-corrected chi connectivity index (χ2v) is 5.23. The van der Waals surface area contributed by atoms with Crippen LogP contribution in [0.1, 0.15) is 17.8 Å². The van der Waals surface area contributed by atoms with Crippen molar-refractivity contribution in [3.63, 3.8) is 0 Å². The van der Waals surface area contributed by atoms with E-state index in [1.54, 1.807) is 18.3 Å². The zero-order valence-corrected chi connectivity index (χ0v) is 11.6. The minimum atomic E-state index is -0.463. The molecule has 2 heterocycles. The van der Waals surface area contributed by atoms with Gasteiger partial charge >= 0.3 is 5.97 Å². The molecule has 1 aliphatic heterocycles. The average molecular weight is 282 g/mol. The lowest BCUT2D eigenvalue weighted by molar-refractivity contribution is -0.147. The molecule has 0 radical (unpaired) electrons. The Bertz CT molecular complexity index is 470. The minimum Gasteiger partial charge on any atom is -0.465 e. The predicted octanol–water partition coefficient (Wildman–Crippen LogP) is 1.96. The van der Waals surface area contributed by atoms with Crippen LogP contribution in [0, 0.1) is 5.92 Å². The molecule has 1 aliphatic rings. The van der Waals surface area contributed by atoms with Gasteiger partial charge in [0.2, 0.25) is 0 Å². The van der Waals surface area contributed by atoms with Crippen molar-refractivity contribution in [2.24, 2.45) is 5.92 Å². The van der Waals surface area contributed by atoms with Crippen molar-refractivity contribution in [1.82, 2.24) is 10.6 Å². The molecule has 0 aromatic carbocycles. The Labute approximate surface area is 115 Å². The van der Waals surface area contributed by atoms with Crippen molar-refractivity contribution in [2.45, 2.75) is 13.0 Å². The molecular formula is C12H14N2O2S2. The van der Waals surface area contributed by atoms with Gasteiger partial charge in [0.25, 0.3) is 0 Å². The number of hydrogen-bond donors (Lipinski definition) is 2. The van der Waals surface area contributed by atoms with Gasteiger partial charge in [-0.05, 0) is 30.6 Å². The van der Waals surface area contributed by atoms with E-state index in [0.29, 0.717) is 17.4 Å². The molecule has 1 aromatic heterocycles. The number of ether oxygens (including phenoxy) is 1. The monoisotopic (exact) mass is 282 g/mol. The van der Waals surface area contributed by atoms with Crippen LogP contribution in [0.15, 0.2) is 29.8 Å². The lowest BCUT2D eigenvalue weighted by atomic mass is 9.93. The third-order valence-electron chi connectivity index (χ3n) is 2.66. The summed E-state index contributed by atoms with van der Waals surface area (Å²) in [6.45, 7) is 6.01. The van der Waals surface area contributed by atoms with Gasteiger partial charge in [0.15, 0.2) is 5.11 Å². The van der Waals surface area contributed by atoms with Crippen LogP contribution in [0.2, 0.25) is 0 Å². The summed E-state index contributed by atoms with van der Waals surface area (Å²) in [5, 5.41) is 8.45. The largest absolute Gasteiger partial charge is 0.465 e. The molecule has 18 heavy (non-hydrogen) atoms. The van der Waals surface area contributed by atoms with E-state index in [0.717, 1.165) is 4.88 Å². The van der Waals surface area contributed by atoms with Gasteiger partial charge in [-0.15, -0.1) is 11.3 Å². The zero-order valence-electron chi connectivity index (χ0n) is 9.93. The van der Waals surface area contributed by atoms with Gasteiger partial charge < -0.3 is 15.4 Å². The summed E-state index contributed by atoms with van der Waals surface area (Å²) in [4.78, 5) is 13.1. The molecule has 0 aliphatic carbocycles. The molecule has 0 saturated carbocycles. The third kappa shape index (κ3) is 2.54. The molecule has 96 valence electrons. The normalized spacial score (nSPS) is 23.2. The van der Waals surface area contributed by atoms with Crippen LogP contribution in [-0.2, 0) is 9.53 Å². The first-order chi connectivity index (χ1) is 8.63.